The molecule has 6 nitrogen and oxygen atoms in total. The van der Waals surface area contributed by atoms with E-state index in [1.54, 1.807) is 21.9 Å². The number of likely N-dealkylation sites (tertiary alicyclic amines) is 1. The first-order valence-corrected chi connectivity index (χ1v) is 11.1. The number of carbonyl (C=O) groups excluding carboxylic acids is 3. The number of piperidine rings is 2. The second kappa shape index (κ2) is 8.92. The minimum atomic E-state index is -0.928. The molecule has 1 N–H and O–H groups in total. The Morgan fingerprint density at radius 3 is 2.48 bits per heavy atom. The first-order valence-electron chi connectivity index (χ1n) is 11.1. The summed E-state index contributed by atoms with van der Waals surface area (Å²) in [6, 6.07) is 16.5. The van der Waals surface area contributed by atoms with E-state index in [0.717, 1.165) is 31.4 Å². The van der Waals surface area contributed by atoms with Crippen molar-refractivity contribution < 1.29 is 14.4 Å². The quantitative estimate of drug-likeness (QED) is 0.806. The number of carbonyl (C=O) groups is 3. The average molecular weight is 420 g/mol. The third-order valence-electron chi connectivity index (χ3n) is 6.39. The zero-order chi connectivity index (χ0) is 21.8. The fourth-order valence-electron chi connectivity index (χ4n) is 4.52. The van der Waals surface area contributed by atoms with Crippen LogP contribution < -0.4 is 10.2 Å². The summed E-state index contributed by atoms with van der Waals surface area (Å²) in [6.45, 7) is 3.10. The van der Waals surface area contributed by atoms with Crippen LogP contribution in [0.1, 0.15) is 55.8 Å². The number of rotatable bonds is 4. The van der Waals surface area contributed by atoms with Crippen LogP contribution in [0.3, 0.4) is 0 Å². The lowest BCUT2D eigenvalue weighted by molar-refractivity contribution is -0.127. The number of nitrogens with one attached hydrogen (secondary N) is 1. The van der Waals surface area contributed by atoms with Crippen molar-refractivity contribution in [2.75, 3.05) is 23.3 Å². The van der Waals surface area contributed by atoms with E-state index in [2.05, 4.69) is 5.32 Å². The molecule has 0 aliphatic carbocycles. The Balaban J connectivity index is 1.54. The van der Waals surface area contributed by atoms with Crippen molar-refractivity contribution in [2.24, 2.45) is 0 Å². The third-order valence-corrected chi connectivity index (χ3v) is 6.39. The number of nitrogens with zero attached hydrogens (tertiary/aromatic N) is 2. The second-order valence-electron chi connectivity index (χ2n) is 8.56. The van der Waals surface area contributed by atoms with Crippen LogP contribution in [0.5, 0.6) is 0 Å². The molecule has 2 aliphatic heterocycles. The molecule has 0 aromatic heterocycles. The Morgan fingerprint density at radius 2 is 1.71 bits per heavy atom. The van der Waals surface area contributed by atoms with E-state index >= 15 is 0 Å². The van der Waals surface area contributed by atoms with Crippen LogP contribution in [0.2, 0.25) is 0 Å². The maximum absolute atomic E-state index is 13.4. The number of amides is 3. The number of hydrogen-bond acceptors (Lipinski definition) is 3. The molecule has 2 heterocycles. The van der Waals surface area contributed by atoms with E-state index in [1.165, 1.54) is 0 Å². The van der Waals surface area contributed by atoms with Crippen molar-refractivity contribution in [1.29, 1.82) is 0 Å². The van der Waals surface area contributed by atoms with Crippen molar-refractivity contribution in [3.8, 4) is 0 Å². The molecule has 0 bridgehead atoms. The molecule has 0 spiro atoms. The smallest absolute Gasteiger partial charge is 0.254 e. The first-order chi connectivity index (χ1) is 15.0. The van der Waals surface area contributed by atoms with Gasteiger partial charge in [0.25, 0.3) is 5.91 Å². The van der Waals surface area contributed by atoms with Crippen LogP contribution >= 0.6 is 0 Å². The van der Waals surface area contributed by atoms with Crippen molar-refractivity contribution in [1.82, 2.24) is 4.90 Å². The van der Waals surface area contributed by atoms with E-state index in [-0.39, 0.29) is 17.7 Å². The van der Waals surface area contributed by atoms with E-state index in [0.29, 0.717) is 37.2 Å². The molecule has 2 aromatic rings. The maximum atomic E-state index is 13.4. The van der Waals surface area contributed by atoms with E-state index < -0.39 is 5.54 Å². The van der Waals surface area contributed by atoms with Crippen LogP contribution in [0, 0.1) is 0 Å². The largest absolute Gasteiger partial charge is 0.324 e. The molecular weight excluding hydrogens is 390 g/mol. The summed E-state index contributed by atoms with van der Waals surface area (Å²) < 4.78 is 0. The van der Waals surface area contributed by atoms with Gasteiger partial charge < -0.3 is 15.1 Å². The van der Waals surface area contributed by atoms with Crippen LogP contribution in [0.4, 0.5) is 11.4 Å². The number of hydrogen-bond donors (Lipinski definition) is 1. The highest BCUT2D eigenvalue weighted by Gasteiger charge is 2.44. The SMILES string of the molecule is CC1(C(=O)Nc2cccc(N3CCCCC3=O)c2)CCCCN1C(=O)c1ccccc1. The van der Waals surface area contributed by atoms with Gasteiger partial charge in [-0.15, -0.1) is 0 Å². The van der Waals surface area contributed by atoms with E-state index in [9.17, 15) is 14.4 Å². The second-order valence-corrected chi connectivity index (χ2v) is 8.56. The first kappa shape index (κ1) is 21.1. The Labute approximate surface area is 183 Å². The summed E-state index contributed by atoms with van der Waals surface area (Å²) in [4.78, 5) is 42.3. The van der Waals surface area contributed by atoms with Gasteiger partial charge >= 0.3 is 0 Å². The summed E-state index contributed by atoms with van der Waals surface area (Å²) in [7, 11) is 0. The minimum Gasteiger partial charge on any atom is -0.324 e. The van der Waals surface area contributed by atoms with Crippen LogP contribution in [0.25, 0.3) is 0 Å². The van der Waals surface area contributed by atoms with Crippen molar-refractivity contribution in [3.05, 3.63) is 60.2 Å². The fourth-order valence-corrected chi connectivity index (χ4v) is 4.52. The highest BCUT2D eigenvalue weighted by Crippen LogP contribution is 2.32. The summed E-state index contributed by atoms with van der Waals surface area (Å²) in [6.07, 6.45) is 4.86. The van der Waals surface area contributed by atoms with Crippen LogP contribution in [0.15, 0.2) is 54.6 Å². The van der Waals surface area contributed by atoms with E-state index in [4.69, 9.17) is 0 Å². The fraction of sp³-hybridized carbons (Fsp3) is 0.400. The molecule has 162 valence electrons. The standard InChI is InChI=1S/C25H29N3O3/c1-25(15-6-8-17-28(25)23(30)19-10-3-2-4-11-19)24(31)26-20-12-9-13-21(18-20)27-16-7-5-14-22(27)29/h2-4,9-13,18H,5-8,14-17H2,1H3,(H,26,31). The molecule has 0 saturated carbocycles. The summed E-state index contributed by atoms with van der Waals surface area (Å²) in [5.41, 5.74) is 1.10. The lowest BCUT2D eigenvalue weighted by atomic mass is 9.86. The maximum Gasteiger partial charge on any atom is 0.254 e. The summed E-state index contributed by atoms with van der Waals surface area (Å²) >= 11 is 0. The van der Waals surface area contributed by atoms with Gasteiger partial charge in [-0.1, -0.05) is 24.3 Å². The third kappa shape index (κ3) is 4.33. The topological polar surface area (TPSA) is 69.7 Å². The van der Waals surface area contributed by atoms with Crippen LogP contribution in [-0.4, -0.2) is 41.2 Å². The predicted octanol–water partition coefficient (Wildman–Crippen LogP) is 4.23. The molecular formula is C25H29N3O3. The van der Waals surface area contributed by atoms with Gasteiger partial charge in [-0.3, -0.25) is 14.4 Å². The van der Waals surface area contributed by atoms with Gasteiger partial charge in [0, 0.05) is 36.4 Å². The van der Waals surface area contributed by atoms with E-state index in [1.807, 2.05) is 49.4 Å². The van der Waals surface area contributed by atoms with Gasteiger partial charge in [-0.2, -0.15) is 0 Å². The van der Waals surface area contributed by atoms with Crippen molar-refractivity contribution in [3.63, 3.8) is 0 Å². The molecule has 2 saturated heterocycles. The highest BCUT2D eigenvalue weighted by atomic mass is 16.2. The average Bonchev–Trinajstić information content (AvgIpc) is 2.80. The van der Waals surface area contributed by atoms with Gasteiger partial charge in [-0.05, 0) is 69.4 Å². The normalized spacial score (nSPS) is 21.6. The molecule has 1 atom stereocenters. The zero-order valence-corrected chi connectivity index (χ0v) is 18.0. The number of anilines is 2. The molecule has 2 fully saturated rings. The minimum absolute atomic E-state index is 0.119. The number of benzene rings is 2. The molecule has 31 heavy (non-hydrogen) atoms. The summed E-state index contributed by atoms with van der Waals surface area (Å²) in [5, 5.41) is 3.01. The molecule has 3 amide bonds. The molecule has 0 radical (unpaired) electrons. The lowest BCUT2D eigenvalue weighted by Gasteiger charge is -2.43. The molecule has 4 rings (SSSR count). The Kier molecular flexibility index (Phi) is 6.07. The van der Waals surface area contributed by atoms with Gasteiger partial charge in [-0.25, -0.2) is 0 Å². The monoisotopic (exact) mass is 419 g/mol. The van der Waals surface area contributed by atoms with Gasteiger partial charge in [0.15, 0.2) is 0 Å². The van der Waals surface area contributed by atoms with Crippen molar-refractivity contribution >= 4 is 29.1 Å². The lowest BCUT2D eigenvalue weighted by Crippen LogP contribution is -2.59. The van der Waals surface area contributed by atoms with Gasteiger partial charge in [0.1, 0.15) is 5.54 Å². The van der Waals surface area contributed by atoms with Crippen molar-refractivity contribution in [2.45, 2.75) is 51.0 Å². The molecule has 6 heteroatoms. The Bertz CT molecular complexity index is 975. The molecule has 1 unspecified atom stereocenters. The Hall–Kier alpha value is -3.15. The summed E-state index contributed by atoms with van der Waals surface area (Å²) in [5.74, 6) is -0.196. The van der Waals surface area contributed by atoms with Gasteiger partial charge in [0.2, 0.25) is 11.8 Å². The highest BCUT2D eigenvalue weighted by molar-refractivity contribution is 6.04. The Morgan fingerprint density at radius 1 is 0.935 bits per heavy atom. The zero-order valence-electron chi connectivity index (χ0n) is 18.0. The molecule has 2 aliphatic rings. The van der Waals surface area contributed by atoms with Gasteiger partial charge in [0.05, 0.1) is 0 Å². The predicted molar refractivity (Wildman–Crippen MR) is 121 cm³/mol. The van der Waals surface area contributed by atoms with Crippen LogP contribution in [-0.2, 0) is 9.59 Å². The molecule has 2 aromatic carbocycles.